The lowest BCUT2D eigenvalue weighted by molar-refractivity contribution is 0.0344. The number of morpholine rings is 1. The van der Waals surface area contributed by atoms with Crippen molar-refractivity contribution in [2.24, 2.45) is 5.92 Å². The third-order valence-corrected chi connectivity index (χ3v) is 3.41. The molecule has 0 radical (unpaired) electrons. The van der Waals surface area contributed by atoms with Crippen LogP contribution in [0.4, 0.5) is 0 Å². The van der Waals surface area contributed by atoms with Crippen LogP contribution in [0.3, 0.4) is 0 Å². The maximum Gasteiger partial charge on any atom is 0.0594 e. The van der Waals surface area contributed by atoms with Gasteiger partial charge in [-0.25, -0.2) is 0 Å². The molecule has 1 fully saturated rings. The van der Waals surface area contributed by atoms with Gasteiger partial charge in [0.25, 0.3) is 0 Å². The van der Waals surface area contributed by atoms with Crippen LogP contribution in [0.1, 0.15) is 47.5 Å². The topological polar surface area (TPSA) is 27.7 Å². The number of likely N-dealkylation sites (N-methyl/N-ethyl adjacent to an activating group) is 1. The van der Waals surface area contributed by atoms with Gasteiger partial charge in [0.1, 0.15) is 0 Å². The summed E-state index contributed by atoms with van der Waals surface area (Å²) in [5, 5.41) is 3.07. The fourth-order valence-corrected chi connectivity index (χ4v) is 2.08. The Morgan fingerprint density at radius 1 is 1.14 bits per heavy atom. The Kier molecular flexibility index (Phi) is 20.7. The molecule has 1 aliphatic rings. The van der Waals surface area contributed by atoms with Crippen molar-refractivity contribution in [2.75, 3.05) is 66.6 Å². The minimum Gasteiger partial charge on any atom is -0.379 e. The molecule has 0 unspecified atom stereocenters. The molecule has 0 atom stereocenters. The highest BCUT2D eigenvalue weighted by Crippen LogP contribution is 1.97. The fourth-order valence-electron chi connectivity index (χ4n) is 2.08. The lowest BCUT2D eigenvalue weighted by Gasteiger charge is -2.28. The van der Waals surface area contributed by atoms with Crippen molar-refractivity contribution in [1.29, 1.82) is 0 Å². The number of nitrogens with one attached hydrogen (secondary N) is 1. The van der Waals surface area contributed by atoms with Gasteiger partial charge in [-0.15, -0.1) is 0 Å². The third kappa shape index (κ3) is 17.9. The zero-order valence-electron chi connectivity index (χ0n) is 16.5. The van der Waals surface area contributed by atoms with Gasteiger partial charge < -0.3 is 15.0 Å². The van der Waals surface area contributed by atoms with E-state index in [1.165, 1.54) is 32.5 Å². The summed E-state index contributed by atoms with van der Waals surface area (Å²) in [7, 11) is 4.19. The Balaban J connectivity index is 0. The van der Waals surface area contributed by atoms with E-state index in [9.17, 15) is 0 Å². The van der Waals surface area contributed by atoms with Crippen molar-refractivity contribution in [3.8, 4) is 0 Å². The van der Waals surface area contributed by atoms with Gasteiger partial charge in [-0.2, -0.15) is 0 Å². The van der Waals surface area contributed by atoms with Crippen molar-refractivity contribution in [1.82, 2.24) is 15.1 Å². The molecule has 0 saturated carbocycles. The molecule has 0 aromatic rings. The molecule has 0 aliphatic carbocycles. The number of hydrogen-bond acceptors (Lipinski definition) is 4. The maximum atomic E-state index is 5.32. The van der Waals surface area contributed by atoms with Crippen LogP contribution in [-0.4, -0.2) is 76.4 Å². The molecule has 1 aliphatic heterocycles. The van der Waals surface area contributed by atoms with Crippen LogP contribution in [0.2, 0.25) is 0 Å². The highest BCUT2D eigenvalue weighted by atomic mass is 16.5. The van der Waals surface area contributed by atoms with Crippen LogP contribution < -0.4 is 5.32 Å². The first kappa shape index (κ1) is 24.1. The Labute approximate surface area is 140 Å². The summed E-state index contributed by atoms with van der Waals surface area (Å²) in [4.78, 5) is 4.92. The zero-order valence-corrected chi connectivity index (χ0v) is 16.5. The predicted octanol–water partition coefficient (Wildman–Crippen LogP) is 2.94. The largest absolute Gasteiger partial charge is 0.379 e. The van der Waals surface area contributed by atoms with E-state index in [0.29, 0.717) is 0 Å². The normalized spacial score (nSPS) is 15.1. The molecule has 22 heavy (non-hydrogen) atoms. The van der Waals surface area contributed by atoms with Gasteiger partial charge in [0.2, 0.25) is 0 Å². The lowest BCUT2D eigenvalue weighted by atomic mass is 10.2. The molecular weight excluding hydrogens is 274 g/mol. The van der Waals surface area contributed by atoms with E-state index in [-0.39, 0.29) is 0 Å². The second-order valence-electron chi connectivity index (χ2n) is 6.06. The minimum absolute atomic E-state index is 0.787. The summed E-state index contributed by atoms with van der Waals surface area (Å²) in [6.45, 7) is 19.4. The first-order valence-electron chi connectivity index (χ1n) is 9.23. The van der Waals surface area contributed by atoms with Crippen LogP contribution in [0, 0.1) is 5.92 Å². The number of nitrogens with zero attached hydrogens (tertiary/aromatic N) is 2. The Hall–Kier alpha value is -0.160. The quantitative estimate of drug-likeness (QED) is 0.745. The summed E-state index contributed by atoms with van der Waals surface area (Å²) in [6.07, 6.45) is 2.61. The first-order valence-corrected chi connectivity index (χ1v) is 9.23. The summed E-state index contributed by atoms with van der Waals surface area (Å²) < 4.78 is 5.32. The van der Waals surface area contributed by atoms with Gasteiger partial charge >= 0.3 is 0 Å². The molecule has 4 heteroatoms. The van der Waals surface area contributed by atoms with Crippen molar-refractivity contribution in [3.05, 3.63) is 0 Å². The molecular formula is C18H43N3O. The molecule has 0 amide bonds. The monoisotopic (exact) mass is 317 g/mol. The van der Waals surface area contributed by atoms with Crippen LogP contribution in [0.25, 0.3) is 0 Å². The second kappa shape index (κ2) is 18.9. The van der Waals surface area contributed by atoms with E-state index in [0.717, 1.165) is 38.8 Å². The van der Waals surface area contributed by atoms with Crippen LogP contribution in [0.5, 0.6) is 0 Å². The summed E-state index contributed by atoms with van der Waals surface area (Å²) in [6, 6.07) is 0. The van der Waals surface area contributed by atoms with E-state index in [1.54, 1.807) is 0 Å². The molecule has 0 bridgehead atoms. The molecule has 4 nitrogen and oxygen atoms in total. The summed E-state index contributed by atoms with van der Waals surface area (Å²) in [5.74, 6) is 0.787. The SMILES string of the molecule is CC.CCCCN(C)CCN1CCOCC1.CNCC(C)C. The summed E-state index contributed by atoms with van der Waals surface area (Å²) >= 11 is 0. The molecule has 0 spiro atoms. The molecule has 136 valence electrons. The van der Waals surface area contributed by atoms with E-state index >= 15 is 0 Å². The zero-order chi connectivity index (χ0) is 17.2. The molecule has 1 rings (SSSR count). The first-order chi connectivity index (χ1) is 10.6. The van der Waals surface area contributed by atoms with Gasteiger partial charge in [0.05, 0.1) is 13.2 Å². The van der Waals surface area contributed by atoms with Crippen LogP contribution in [0.15, 0.2) is 0 Å². The number of rotatable bonds is 8. The number of ether oxygens (including phenoxy) is 1. The molecule has 0 aromatic carbocycles. The second-order valence-corrected chi connectivity index (χ2v) is 6.06. The highest BCUT2D eigenvalue weighted by molar-refractivity contribution is 4.63. The van der Waals surface area contributed by atoms with Gasteiger partial charge in [-0.05, 0) is 39.5 Å². The van der Waals surface area contributed by atoms with Gasteiger partial charge in [0, 0.05) is 26.2 Å². The van der Waals surface area contributed by atoms with E-state index < -0.39 is 0 Å². The van der Waals surface area contributed by atoms with Crippen molar-refractivity contribution < 1.29 is 4.74 Å². The highest BCUT2D eigenvalue weighted by Gasteiger charge is 2.10. The van der Waals surface area contributed by atoms with Gasteiger partial charge in [0.15, 0.2) is 0 Å². The van der Waals surface area contributed by atoms with E-state index in [4.69, 9.17) is 4.74 Å². The van der Waals surface area contributed by atoms with Crippen molar-refractivity contribution in [2.45, 2.75) is 47.5 Å². The van der Waals surface area contributed by atoms with E-state index in [2.05, 4.69) is 42.9 Å². The minimum atomic E-state index is 0.787. The standard InChI is InChI=1S/C11H24N2O.C5H13N.C2H6/c1-3-4-5-12(2)6-7-13-8-10-14-11-9-13;1-5(2)4-6-3;1-2/h3-11H2,1-2H3;5-6H,4H2,1-3H3;1-2H3. The van der Waals surface area contributed by atoms with Gasteiger partial charge in [-0.1, -0.05) is 41.0 Å². The average molecular weight is 318 g/mol. The smallest absolute Gasteiger partial charge is 0.0594 e. The lowest BCUT2D eigenvalue weighted by Crippen LogP contribution is -2.40. The molecule has 1 heterocycles. The molecule has 1 N–H and O–H groups in total. The van der Waals surface area contributed by atoms with Crippen molar-refractivity contribution >= 4 is 0 Å². The Morgan fingerprint density at radius 2 is 1.73 bits per heavy atom. The predicted molar refractivity (Wildman–Crippen MR) is 99.8 cm³/mol. The van der Waals surface area contributed by atoms with Crippen molar-refractivity contribution in [3.63, 3.8) is 0 Å². The van der Waals surface area contributed by atoms with Gasteiger partial charge in [-0.3, -0.25) is 4.90 Å². The fraction of sp³-hybridized carbons (Fsp3) is 1.00. The maximum absolute atomic E-state index is 5.32. The number of hydrogen-bond donors (Lipinski definition) is 1. The van der Waals surface area contributed by atoms with E-state index in [1.807, 2.05) is 20.9 Å². The molecule has 0 aromatic heterocycles. The Bertz CT molecular complexity index is 195. The average Bonchev–Trinajstić information content (AvgIpc) is 2.54. The number of unbranched alkanes of at least 4 members (excludes halogenated alkanes) is 1. The molecule has 1 saturated heterocycles. The van der Waals surface area contributed by atoms with Crippen LogP contribution in [-0.2, 0) is 4.74 Å². The van der Waals surface area contributed by atoms with Crippen LogP contribution >= 0.6 is 0 Å². The summed E-state index contributed by atoms with van der Waals surface area (Å²) in [5.41, 5.74) is 0. The third-order valence-electron chi connectivity index (χ3n) is 3.41. The Morgan fingerprint density at radius 3 is 2.14 bits per heavy atom.